The second-order valence-electron chi connectivity index (χ2n) is 9.76. The van der Waals surface area contributed by atoms with Gasteiger partial charge in [-0.25, -0.2) is 4.68 Å². The predicted molar refractivity (Wildman–Crippen MR) is 140 cm³/mol. The summed E-state index contributed by atoms with van der Waals surface area (Å²) in [5.74, 6) is -2.97. The van der Waals surface area contributed by atoms with Crippen LogP contribution in [0.5, 0.6) is 0 Å². The molecule has 1 aromatic carbocycles. The minimum atomic E-state index is -1.22. The van der Waals surface area contributed by atoms with Gasteiger partial charge in [-0.15, -0.1) is 11.7 Å². The first-order valence-electron chi connectivity index (χ1n) is 12.6. The largest absolute Gasteiger partial charge is 0.461 e. The summed E-state index contributed by atoms with van der Waals surface area (Å²) in [6.45, 7) is 7.67. The van der Waals surface area contributed by atoms with Gasteiger partial charge in [-0.1, -0.05) is 52.0 Å². The molecule has 3 aliphatic rings. The number of aliphatic hydroxyl groups is 1. The molecule has 1 spiro atoms. The van der Waals surface area contributed by atoms with Gasteiger partial charge in [-0.05, 0) is 25.0 Å². The first kappa shape index (κ1) is 26.5. The van der Waals surface area contributed by atoms with E-state index in [1.54, 1.807) is 15.7 Å². The molecule has 6 atom stereocenters. The number of fused-ring (bicyclic) bond motifs is 2. The van der Waals surface area contributed by atoms with Crippen molar-refractivity contribution >= 4 is 44.7 Å². The predicted octanol–water partition coefficient (Wildman–Crippen LogP) is 1.26. The molecule has 1 aromatic heterocycles. The molecule has 11 nitrogen and oxygen atoms in total. The number of ether oxygens (including phenoxy) is 2. The SMILES string of the molecule is C=CCOC(=O)[C@H]1[C@H]2C(=O)N(CCCO)C(C(=O)N(CC=C)Cn3nnc4ccccc43)C23CC(Br)[C@@H]1O3. The summed E-state index contributed by atoms with van der Waals surface area (Å²) in [6.07, 6.45) is 3.12. The van der Waals surface area contributed by atoms with Crippen molar-refractivity contribution in [1.29, 1.82) is 0 Å². The summed E-state index contributed by atoms with van der Waals surface area (Å²) in [5, 5.41) is 17.9. The van der Waals surface area contributed by atoms with Crippen LogP contribution in [0.15, 0.2) is 49.6 Å². The Kier molecular flexibility index (Phi) is 7.38. The number of carbonyl (C=O) groups is 3. The number of para-hydroxylation sites is 1. The number of halogens is 1. The third-order valence-electron chi connectivity index (χ3n) is 7.58. The number of carbonyl (C=O) groups excluding carboxylic acids is 3. The Bertz CT molecular complexity index is 1270. The zero-order valence-electron chi connectivity index (χ0n) is 20.8. The Morgan fingerprint density at radius 1 is 1.32 bits per heavy atom. The number of aromatic nitrogens is 3. The number of hydrogen-bond acceptors (Lipinski definition) is 8. The van der Waals surface area contributed by atoms with Crippen LogP contribution in [0, 0.1) is 11.8 Å². The van der Waals surface area contributed by atoms with E-state index in [0.29, 0.717) is 11.9 Å². The van der Waals surface area contributed by atoms with E-state index in [1.165, 1.54) is 11.0 Å². The number of esters is 1. The Hall–Kier alpha value is -3.09. The minimum absolute atomic E-state index is 0.0124. The summed E-state index contributed by atoms with van der Waals surface area (Å²) in [5.41, 5.74) is 0.233. The standard InChI is InChI=1S/C26H30BrN5O6/c1-3-10-30(15-32-18-9-6-5-8-17(18)28-29-32)24(35)22-26-14-16(27)21(38-26)19(25(36)37-13-4-2)20(26)23(34)31(22)11-7-12-33/h3-6,8-9,16,19-22,33H,1-2,7,10-15H2/t16?,19-,20-,21-,22?,26?/m0/s1. The molecular formula is C26H30BrN5O6. The molecule has 2 bridgehead atoms. The summed E-state index contributed by atoms with van der Waals surface area (Å²) in [6, 6.07) is 6.43. The lowest BCUT2D eigenvalue weighted by atomic mass is 9.70. The van der Waals surface area contributed by atoms with Crippen molar-refractivity contribution in [2.24, 2.45) is 11.8 Å². The molecule has 0 radical (unpaired) electrons. The van der Waals surface area contributed by atoms with Crippen molar-refractivity contribution in [3.8, 4) is 0 Å². The maximum absolute atomic E-state index is 14.3. The number of amides is 2. The van der Waals surface area contributed by atoms with Gasteiger partial charge in [0, 0.05) is 24.5 Å². The Labute approximate surface area is 228 Å². The van der Waals surface area contributed by atoms with E-state index < -0.39 is 35.6 Å². The van der Waals surface area contributed by atoms with Gasteiger partial charge in [0.2, 0.25) is 11.8 Å². The Balaban J connectivity index is 1.52. The van der Waals surface area contributed by atoms with E-state index in [9.17, 15) is 19.5 Å². The van der Waals surface area contributed by atoms with Crippen molar-refractivity contribution < 1.29 is 29.0 Å². The van der Waals surface area contributed by atoms with Gasteiger partial charge in [-0.3, -0.25) is 14.4 Å². The molecule has 202 valence electrons. The molecule has 1 N–H and O–H groups in total. The lowest BCUT2D eigenvalue weighted by Gasteiger charge is -2.37. The fourth-order valence-corrected chi connectivity index (χ4v) is 7.07. The van der Waals surface area contributed by atoms with Crippen LogP contribution in [0.4, 0.5) is 0 Å². The molecule has 4 heterocycles. The molecule has 3 fully saturated rings. The van der Waals surface area contributed by atoms with Crippen LogP contribution >= 0.6 is 15.9 Å². The summed E-state index contributed by atoms with van der Waals surface area (Å²) >= 11 is 3.63. The van der Waals surface area contributed by atoms with Gasteiger partial charge < -0.3 is 24.4 Å². The smallest absolute Gasteiger partial charge is 0.312 e. The van der Waals surface area contributed by atoms with Gasteiger partial charge >= 0.3 is 5.97 Å². The number of alkyl halides is 1. The fourth-order valence-electron chi connectivity index (χ4n) is 6.13. The molecule has 3 saturated heterocycles. The van der Waals surface area contributed by atoms with Gasteiger partial charge in [-0.2, -0.15) is 0 Å². The summed E-state index contributed by atoms with van der Waals surface area (Å²) in [4.78, 5) is 44.1. The maximum Gasteiger partial charge on any atom is 0.312 e. The summed E-state index contributed by atoms with van der Waals surface area (Å²) in [7, 11) is 0. The average molecular weight is 588 g/mol. The third kappa shape index (κ3) is 4.15. The van der Waals surface area contributed by atoms with Gasteiger partial charge in [0.25, 0.3) is 0 Å². The normalized spacial score (nSPS) is 29.5. The van der Waals surface area contributed by atoms with E-state index in [-0.39, 0.29) is 56.0 Å². The van der Waals surface area contributed by atoms with E-state index in [2.05, 4.69) is 39.4 Å². The van der Waals surface area contributed by atoms with Crippen molar-refractivity contribution in [3.05, 3.63) is 49.6 Å². The van der Waals surface area contributed by atoms with Crippen LogP contribution in [-0.2, 0) is 30.5 Å². The fraction of sp³-hybridized carbons (Fsp3) is 0.500. The number of aliphatic hydroxyl groups excluding tert-OH is 1. The quantitative estimate of drug-likeness (QED) is 0.236. The van der Waals surface area contributed by atoms with Crippen LogP contribution < -0.4 is 0 Å². The van der Waals surface area contributed by atoms with E-state index >= 15 is 0 Å². The zero-order valence-corrected chi connectivity index (χ0v) is 22.4. The highest BCUT2D eigenvalue weighted by atomic mass is 79.9. The first-order valence-corrected chi connectivity index (χ1v) is 13.5. The number of hydrogen-bond donors (Lipinski definition) is 1. The number of benzene rings is 1. The molecule has 5 rings (SSSR count). The number of nitrogens with zero attached hydrogens (tertiary/aromatic N) is 5. The van der Waals surface area contributed by atoms with E-state index in [0.717, 1.165) is 5.52 Å². The summed E-state index contributed by atoms with van der Waals surface area (Å²) < 4.78 is 13.4. The van der Waals surface area contributed by atoms with Gasteiger partial charge in [0.15, 0.2) is 0 Å². The average Bonchev–Trinajstić information content (AvgIpc) is 3.63. The topological polar surface area (TPSA) is 127 Å². The lowest BCUT2D eigenvalue weighted by Crippen LogP contribution is -2.57. The molecular weight excluding hydrogens is 558 g/mol. The molecule has 3 unspecified atom stereocenters. The van der Waals surface area contributed by atoms with Crippen LogP contribution in [0.3, 0.4) is 0 Å². The third-order valence-corrected chi connectivity index (χ3v) is 8.43. The van der Waals surface area contributed by atoms with Crippen molar-refractivity contribution in [2.45, 2.75) is 42.1 Å². The van der Waals surface area contributed by atoms with Crippen LogP contribution in [0.25, 0.3) is 11.0 Å². The minimum Gasteiger partial charge on any atom is -0.461 e. The Morgan fingerprint density at radius 3 is 2.84 bits per heavy atom. The van der Waals surface area contributed by atoms with Gasteiger partial charge in [0.1, 0.15) is 30.4 Å². The van der Waals surface area contributed by atoms with Crippen molar-refractivity contribution in [3.63, 3.8) is 0 Å². The molecule has 2 aromatic rings. The second-order valence-corrected chi connectivity index (χ2v) is 10.9. The van der Waals surface area contributed by atoms with Crippen LogP contribution in [-0.4, -0.2) is 96.6 Å². The van der Waals surface area contributed by atoms with Gasteiger partial charge in [0.05, 0.1) is 23.5 Å². The van der Waals surface area contributed by atoms with Crippen molar-refractivity contribution in [1.82, 2.24) is 24.8 Å². The molecule has 2 amide bonds. The Morgan fingerprint density at radius 2 is 2.11 bits per heavy atom. The number of rotatable bonds is 11. The monoisotopic (exact) mass is 587 g/mol. The van der Waals surface area contributed by atoms with Crippen LogP contribution in [0.1, 0.15) is 12.8 Å². The lowest BCUT2D eigenvalue weighted by molar-refractivity contribution is -0.154. The molecule has 12 heteroatoms. The van der Waals surface area contributed by atoms with Crippen molar-refractivity contribution in [2.75, 3.05) is 26.3 Å². The van der Waals surface area contributed by atoms with E-state index in [1.807, 2.05) is 24.3 Å². The highest BCUT2D eigenvalue weighted by molar-refractivity contribution is 9.09. The van der Waals surface area contributed by atoms with E-state index in [4.69, 9.17) is 9.47 Å². The zero-order chi connectivity index (χ0) is 27.0. The highest BCUT2D eigenvalue weighted by Gasteiger charge is 2.77. The maximum atomic E-state index is 14.3. The van der Waals surface area contributed by atoms with Crippen LogP contribution in [0.2, 0.25) is 0 Å². The molecule has 3 aliphatic heterocycles. The molecule has 0 saturated carbocycles. The first-order chi connectivity index (χ1) is 18.4. The second kappa shape index (κ2) is 10.6. The molecule has 38 heavy (non-hydrogen) atoms. The number of likely N-dealkylation sites (tertiary alicyclic amines) is 1. The molecule has 0 aliphatic carbocycles. The highest BCUT2D eigenvalue weighted by Crippen LogP contribution is 2.60.